The Morgan fingerprint density at radius 2 is 2.00 bits per heavy atom. The average Bonchev–Trinajstić information content (AvgIpc) is 3.50. The number of nitrogens with one attached hydrogen (secondary N) is 2. The molecule has 3 heterocycles. The lowest BCUT2D eigenvalue weighted by Crippen LogP contribution is -2.15. The Balaban J connectivity index is 1.49. The first-order valence-corrected chi connectivity index (χ1v) is 10.7. The van der Waals surface area contributed by atoms with Gasteiger partial charge in [0.2, 0.25) is 5.88 Å². The molecule has 170 valence electrons. The number of phenolic OH excluding ortho intramolecular Hbond substituents is 1. The summed E-state index contributed by atoms with van der Waals surface area (Å²) in [5.41, 5.74) is 3.98. The molecule has 0 saturated heterocycles. The third-order valence-corrected chi connectivity index (χ3v) is 5.53. The molecule has 0 bridgehead atoms. The number of nitrogens with zero attached hydrogens (tertiary/aromatic N) is 4. The summed E-state index contributed by atoms with van der Waals surface area (Å²) in [6, 6.07) is 15.9. The molecule has 34 heavy (non-hydrogen) atoms. The molecule has 0 aliphatic rings. The number of aromatic amines is 1. The van der Waals surface area contributed by atoms with Crippen LogP contribution in [0, 0.1) is 0 Å². The maximum atomic E-state index is 12.8. The summed E-state index contributed by atoms with van der Waals surface area (Å²) in [5.74, 6) is 1.44. The van der Waals surface area contributed by atoms with Crippen LogP contribution in [0.1, 0.15) is 17.3 Å². The van der Waals surface area contributed by atoms with E-state index in [0.717, 1.165) is 11.1 Å². The second kappa shape index (κ2) is 8.70. The Labute approximate surface area is 195 Å². The van der Waals surface area contributed by atoms with Crippen molar-refractivity contribution in [3.05, 3.63) is 72.6 Å². The van der Waals surface area contributed by atoms with Crippen molar-refractivity contribution in [2.75, 3.05) is 12.4 Å². The first-order valence-electron chi connectivity index (χ1n) is 10.7. The number of pyridine rings is 1. The lowest BCUT2D eigenvalue weighted by molar-refractivity contribution is 0.102. The van der Waals surface area contributed by atoms with Gasteiger partial charge >= 0.3 is 0 Å². The number of carbonyl (C=O) groups excluding carboxylic acids is 1. The van der Waals surface area contributed by atoms with Crippen LogP contribution in [-0.2, 0) is 6.54 Å². The lowest BCUT2D eigenvalue weighted by atomic mass is 10.0. The number of aromatic nitrogens is 5. The van der Waals surface area contributed by atoms with Crippen molar-refractivity contribution in [3.8, 4) is 34.1 Å². The molecule has 5 aromatic rings. The van der Waals surface area contributed by atoms with Gasteiger partial charge in [-0.05, 0) is 55.0 Å². The number of fused-ring (bicyclic) bond motifs is 1. The van der Waals surface area contributed by atoms with Crippen LogP contribution in [0.15, 0.2) is 67.0 Å². The van der Waals surface area contributed by atoms with E-state index in [0.29, 0.717) is 46.2 Å². The molecule has 0 spiro atoms. The Kier molecular flexibility index (Phi) is 5.43. The van der Waals surface area contributed by atoms with Crippen molar-refractivity contribution in [3.63, 3.8) is 0 Å². The van der Waals surface area contributed by atoms with Gasteiger partial charge in [-0.3, -0.25) is 4.79 Å². The van der Waals surface area contributed by atoms with Gasteiger partial charge in [0.25, 0.3) is 5.91 Å². The number of phenols is 1. The molecule has 3 N–H and O–H groups in total. The van der Waals surface area contributed by atoms with Crippen LogP contribution < -0.4 is 10.1 Å². The van der Waals surface area contributed by atoms with E-state index in [1.807, 2.05) is 25.1 Å². The fraction of sp³-hybridized carbons (Fsp3) is 0.120. The second-order valence-electron chi connectivity index (χ2n) is 7.60. The summed E-state index contributed by atoms with van der Waals surface area (Å²) < 4.78 is 7.08. The monoisotopic (exact) mass is 454 g/mol. The van der Waals surface area contributed by atoms with Crippen molar-refractivity contribution in [1.82, 2.24) is 24.7 Å². The van der Waals surface area contributed by atoms with Gasteiger partial charge in [0.15, 0.2) is 0 Å². The maximum absolute atomic E-state index is 12.8. The Bertz CT molecular complexity index is 1500. The van der Waals surface area contributed by atoms with Crippen LogP contribution in [0.3, 0.4) is 0 Å². The molecule has 1 amide bonds. The smallest absolute Gasteiger partial charge is 0.256 e. The van der Waals surface area contributed by atoms with Gasteiger partial charge in [-0.2, -0.15) is 5.10 Å². The van der Waals surface area contributed by atoms with Crippen LogP contribution in [0.25, 0.3) is 33.5 Å². The van der Waals surface area contributed by atoms with Crippen molar-refractivity contribution in [2.45, 2.75) is 13.5 Å². The highest BCUT2D eigenvalue weighted by molar-refractivity contribution is 6.05. The van der Waals surface area contributed by atoms with Crippen LogP contribution in [-0.4, -0.2) is 42.9 Å². The number of hydrogen-bond donors (Lipinski definition) is 3. The number of carbonyl (C=O) groups is 1. The molecule has 0 fully saturated rings. The first-order chi connectivity index (χ1) is 16.6. The summed E-state index contributed by atoms with van der Waals surface area (Å²) in [7, 11) is 1.57. The average molecular weight is 454 g/mol. The topological polar surface area (TPSA) is 118 Å². The van der Waals surface area contributed by atoms with E-state index >= 15 is 0 Å². The zero-order chi connectivity index (χ0) is 23.7. The molecule has 9 nitrogen and oxygen atoms in total. The summed E-state index contributed by atoms with van der Waals surface area (Å²) in [4.78, 5) is 24.9. The Morgan fingerprint density at radius 1 is 1.12 bits per heavy atom. The second-order valence-corrected chi connectivity index (χ2v) is 7.60. The maximum Gasteiger partial charge on any atom is 0.256 e. The molecule has 0 aliphatic carbocycles. The first kappa shape index (κ1) is 21.2. The van der Waals surface area contributed by atoms with E-state index in [9.17, 15) is 9.90 Å². The van der Waals surface area contributed by atoms with Gasteiger partial charge < -0.3 is 20.1 Å². The van der Waals surface area contributed by atoms with Gasteiger partial charge in [0.1, 0.15) is 17.4 Å². The largest absolute Gasteiger partial charge is 0.507 e. The molecule has 0 saturated carbocycles. The molecule has 2 aromatic carbocycles. The molecule has 0 aliphatic heterocycles. The normalized spacial score (nSPS) is 11.0. The van der Waals surface area contributed by atoms with Crippen LogP contribution in [0.5, 0.6) is 11.6 Å². The predicted molar refractivity (Wildman–Crippen MR) is 129 cm³/mol. The Hall–Kier alpha value is -4.66. The van der Waals surface area contributed by atoms with Crippen molar-refractivity contribution in [2.24, 2.45) is 0 Å². The zero-order valence-corrected chi connectivity index (χ0v) is 18.6. The third-order valence-electron chi connectivity index (χ3n) is 5.53. The molecule has 0 radical (unpaired) electrons. The number of anilines is 1. The lowest BCUT2D eigenvalue weighted by Gasteiger charge is -2.09. The van der Waals surface area contributed by atoms with E-state index in [1.54, 1.807) is 60.6 Å². The predicted octanol–water partition coefficient (Wildman–Crippen LogP) is 4.47. The summed E-state index contributed by atoms with van der Waals surface area (Å²) >= 11 is 0. The van der Waals surface area contributed by atoms with Gasteiger partial charge in [0.05, 0.1) is 29.9 Å². The third kappa shape index (κ3) is 3.83. The van der Waals surface area contributed by atoms with Crippen LogP contribution in [0.4, 0.5) is 5.82 Å². The molecule has 0 unspecified atom stereocenters. The summed E-state index contributed by atoms with van der Waals surface area (Å²) in [6.07, 6.45) is 3.30. The van der Waals surface area contributed by atoms with E-state index < -0.39 is 0 Å². The van der Waals surface area contributed by atoms with Crippen molar-refractivity contribution in [1.29, 1.82) is 0 Å². The van der Waals surface area contributed by atoms with Crippen LogP contribution in [0.2, 0.25) is 0 Å². The van der Waals surface area contributed by atoms with Gasteiger partial charge in [-0.1, -0.05) is 6.07 Å². The molecular formula is C25H22N6O3. The molecule has 3 aromatic heterocycles. The fourth-order valence-electron chi connectivity index (χ4n) is 3.82. The quantitative estimate of drug-likeness (QED) is 0.348. The highest BCUT2D eigenvalue weighted by atomic mass is 16.5. The van der Waals surface area contributed by atoms with Gasteiger partial charge in [0, 0.05) is 29.9 Å². The molecule has 5 rings (SSSR count). The number of amides is 1. The standard InChI is InChI=1S/C25H22N6O3/c1-3-31-22(10-12-27-31)30-24(33)16-6-8-19-20(14-16)29-23(28-19)18-13-15(7-9-21(18)32)17-5-4-11-26-25(17)34-2/h4-14,32H,3H2,1-2H3,(H,28,29)(H,30,33). The summed E-state index contributed by atoms with van der Waals surface area (Å²) in [5, 5.41) is 17.6. The number of H-pyrrole nitrogens is 1. The van der Waals surface area contributed by atoms with E-state index in [1.165, 1.54) is 0 Å². The highest BCUT2D eigenvalue weighted by Gasteiger charge is 2.15. The number of benzene rings is 2. The number of aryl methyl sites for hydroxylation is 1. The Morgan fingerprint density at radius 3 is 2.82 bits per heavy atom. The van der Waals surface area contributed by atoms with E-state index in [4.69, 9.17) is 4.74 Å². The fourth-order valence-corrected chi connectivity index (χ4v) is 3.82. The number of aromatic hydroxyl groups is 1. The summed E-state index contributed by atoms with van der Waals surface area (Å²) in [6.45, 7) is 2.61. The molecular weight excluding hydrogens is 432 g/mol. The minimum atomic E-state index is -0.248. The number of rotatable bonds is 6. The van der Waals surface area contributed by atoms with Crippen LogP contribution >= 0.6 is 0 Å². The number of ether oxygens (including phenoxy) is 1. The molecule has 9 heteroatoms. The molecule has 0 atom stereocenters. The highest BCUT2D eigenvalue weighted by Crippen LogP contribution is 2.35. The van der Waals surface area contributed by atoms with E-state index in [2.05, 4.69) is 25.4 Å². The van der Waals surface area contributed by atoms with Gasteiger partial charge in [-0.25, -0.2) is 14.6 Å². The number of methoxy groups -OCH3 is 1. The van der Waals surface area contributed by atoms with Crippen molar-refractivity contribution < 1.29 is 14.6 Å². The number of imidazole rings is 1. The van der Waals surface area contributed by atoms with E-state index in [-0.39, 0.29) is 11.7 Å². The zero-order valence-electron chi connectivity index (χ0n) is 18.6. The van der Waals surface area contributed by atoms with Crippen molar-refractivity contribution >= 4 is 22.8 Å². The minimum Gasteiger partial charge on any atom is -0.507 e. The number of hydrogen-bond acceptors (Lipinski definition) is 6. The van der Waals surface area contributed by atoms with Gasteiger partial charge in [-0.15, -0.1) is 0 Å². The minimum absolute atomic E-state index is 0.0801. The SMILES string of the molecule is CCn1nccc1NC(=O)c1ccc2nc(-c3cc(-c4cccnc4OC)ccc3O)[nH]c2c1.